The Kier molecular flexibility index (Phi) is 6.76. The Balaban J connectivity index is 1.15. The number of pyridine rings is 1. The highest BCUT2D eigenvalue weighted by Gasteiger charge is 2.21. The number of H-pyrrole nitrogens is 1. The number of nitrogens with zero attached hydrogens (tertiary/aromatic N) is 7. The highest BCUT2D eigenvalue weighted by atomic mass is 16.5. The number of rotatable bonds is 7. The standard InChI is InChI=1S/C29H30N8O2/c1-35-9-11-37(12-10-35)29(38)27-15-21-13-20(3-4-24(21)33-27)14-28-31-8-6-25(34-28)26-16-23(5-7-30-26)39-18-22-17-36(2)19-32-22/h3-8,13,15-17,19,33H,9-12,14,18H2,1-2H3. The van der Waals surface area contributed by atoms with Crippen molar-refractivity contribution >= 4 is 16.8 Å². The molecule has 0 atom stereocenters. The van der Waals surface area contributed by atoms with E-state index in [2.05, 4.69) is 37.9 Å². The van der Waals surface area contributed by atoms with Gasteiger partial charge in [0, 0.05) is 75.2 Å². The van der Waals surface area contributed by atoms with E-state index in [9.17, 15) is 4.79 Å². The average Bonchev–Trinajstić information content (AvgIpc) is 3.58. The lowest BCUT2D eigenvalue weighted by Gasteiger charge is -2.32. The summed E-state index contributed by atoms with van der Waals surface area (Å²) in [6, 6.07) is 13.6. The van der Waals surface area contributed by atoms with E-state index in [0.717, 1.165) is 54.0 Å². The van der Waals surface area contributed by atoms with E-state index in [1.165, 1.54) is 0 Å². The van der Waals surface area contributed by atoms with Crippen molar-refractivity contribution in [2.75, 3.05) is 33.2 Å². The molecule has 1 aliphatic rings. The molecule has 1 aromatic carbocycles. The van der Waals surface area contributed by atoms with E-state index < -0.39 is 0 Å². The van der Waals surface area contributed by atoms with E-state index in [1.54, 1.807) is 18.7 Å². The second-order valence-electron chi connectivity index (χ2n) is 9.93. The molecule has 10 nitrogen and oxygen atoms in total. The molecule has 5 aromatic rings. The van der Waals surface area contributed by atoms with E-state index in [0.29, 0.717) is 36.0 Å². The lowest BCUT2D eigenvalue weighted by atomic mass is 10.1. The number of nitrogens with one attached hydrogen (secondary N) is 1. The Labute approximate surface area is 226 Å². The Morgan fingerprint density at radius 2 is 1.79 bits per heavy atom. The average molecular weight is 523 g/mol. The first-order valence-electron chi connectivity index (χ1n) is 13.0. The van der Waals surface area contributed by atoms with E-state index in [-0.39, 0.29) is 5.91 Å². The Morgan fingerprint density at radius 3 is 2.62 bits per heavy atom. The zero-order valence-electron chi connectivity index (χ0n) is 22.0. The highest BCUT2D eigenvalue weighted by Crippen LogP contribution is 2.23. The molecule has 1 N–H and O–H groups in total. The van der Waals surface area contributed by atoms with Crippen molar-refractivity contribution in [1.82, 2.24) is 39.3 Å². The molecule has 198 valence electrons. The van der Waals surface area contributed by atoms with Crippen LogP contribution < -0.4 is 4.74 Å². The summed E-state index contributed by atoms with van der Waals surface area (Å²) in [6.45, 7) is 3.67. The summed E-state index contributed by atoms with van der Waals surface area (Å²) >= 11 is 0. The first-order valence-corrected chi connectivity index (χ1v) is 13.0. The van der Waals surface area contributed by atoms with Crippen molar-refractivity contribution in [3.63, 3.8) is 0 Å². The van der Waals surface area contributed by atoms with Gasteiger partial charge in [-0.3, -0.25) is 9.78 Å². The smallest absolute Gasteiger partial charge is 0.270 e. The molecule has 1 fully saturated rings. The molecule has 0 spiro atoms. The lowest BCUT2D eigenvalue weighted by molar-refractivity contribution is 0.0659. The number of ether oxygens (including phenoxy) is 1. The molecule has 0 aliphatic carbocycles. The minimum atomic E-state index is 0.0515. The van der Waals surface area contributed by atoms with Crippen LogP contribution in [0.5, 0.6) is 5.75 Å². The van der Waals surface area contributed by atoms with Gasteiger partial charge in [-0.25, -0.2) is 15.0 Å². The van der Waals surface area contributed by atoms with Crippen LogP contribution in [-0.4, -0.2) is 78.4 Å². The predicted molar refractivity (Wildman–Crippen MR) is 147 cm³/mol. The molecule has 10 heteroatoms. The number of fused-ring (bicyclic) bond motifs is 1. The van der Waals surface area contributed by atoms with Crippen LogP contribution in [0.15, 0.2) is 67.4 Å². The van der Waals surface area contributed by atoms with Crippen molar-refractivity contribution in [3.05, 3.63) is 90.2 Å². The van der Waals surface area contributed by atoms with Crippen molar-refractivity contribution in [2.24, 2.45) is 7.05 Å². The molecule has 5 heterocycles. The molecule has 1 amide bonds. The molecule has 0 radical (unpaired) electrons. The van der Waals surface area contributed by atoms with Crippen molar-refractivity contribution in [3.8, 4) is 17.1 Å². The topological polar surface area (TPSA) is 105 Å². The maximum atomic E-state index is 13.0. The largest absolute Gasteiger partial charge is 0.487 e. The van der Waals surface area contributed by atoms with Crippen molar-refractivity contribution in [2.45, 2.75) is 13.0 Å². The molecule has 1 aliphatic heterocycles. The van der Waals surface area contributed by atoms with Crippen LogP contribution in [0, 0.1) is 0 Å². The van der Waals surface area contributed by atoms with Gasteiger partial charge >= 0.3 is 0 Å². The number of aryl methyl sites for hydroxylation is 1. The molecule has 39 heavy (non-hydrogen) atoms. The van der Waals surface area contributed by atoms with Crippen LogP contribution in [0.2, 0.25) is 0 Å². The minimum absolute atomic E-state index is 0.0515. The number of aromatic amines is 1. The van der Waals surface area contributed by atoms with E-state index in [4.69, 9.17) is 9.72 Å². The summed E-state index contributed by atoms with van der Waals surface area (Å²) < 4.78 is 7.79. The van der Waals surface area contributed by atoms with Crippen LogP contribution in [0.1, 0.15) is 27.6 Å². The van der Waals surface area contributed by atoms with Gasteiger partial charge in [0.2, 0.25) is 0 Å². The molecule has 1 saturated heterocycles. The van der Waals surface area contributed by atoms with Crippen molar-refractivity contribution in [1.29, 1.82) is 0 Å². The van der Waals surface area contributed by atoms with Gasteiger partial charge in [0.15, 0.2) is 0 Å². The summed E-state index contributed by atoms with van der Waals surface area (Å²) in [5, 5.41) is 1.00. The lowest BCUT2D eigenvalue weighted by Crippen LogP contribution is -2.47. The zero-order valence-corrected chi connectivity index (χ0v) is 22.0. The normalized spacial score (nSPS) is 14.2. The van der Waals surface area contributed by atoms with Gasteiger partial charge in [0.25, 0.3) is 5.91 Å². The Hall–Kier alpha value is -4.57. The predicted octanol–water partition coefficient (Wildman–Crippen LogP) is 3.31. The molecule has 0 saturated carbocycles. The number of likely N-dealkylation sites (N-methyl/N-ethyl adjacent to an activating group) is 1. The number of carbonyl (C=O) groups is 1. The number of hydrogen-bond acceptors (Lipinski definition) is 7. The fourth-order valence-electron chi connectivity index (χ4n) is 4.74. The molecular formula is C29H30N8O2. The van der Waals surface area contributed by atoms with Gasteiger partial charge in [-0.2, -0.15) is 0 Å². The molecule has 4 aromatic heterocycles. The number of benzene rings is 1. The van der Waals surface area contributed by atoms with Crippen molar-refractivity contribution < 1.29 is 9.53 Å². The summed E-state index contributed by atoms with van der Waals surface area (Å²) in [4.78, 5) is 38.5. The molecule has 6 rings (SSSR count). The van der Waals surface area contributed by atoms with Crippen LogP contribution in [-0.2, 0) is 20.1 Å². The van der Waals surface area contributed by atoms with Gasteiger partial charge in [0.1, 0.15) is 23.9 Å². The highest BCUT2D eigenvalue weighted by molar-refractivity contribution is 5.98. The number of piperazine rings is 1. The second kappa shape index (κ2) is 10.7. The third kappa shape index (κ3) is 5.65. The number of carbonyl (C=O) groups excluding carboxylic acids is 1. The number of imidazole rings is 1. The van der Waals surface area contributed by atoms with Gasteiger partial charge in [0.05, 0.1) is 23.4 Å². The fourth-order valence-corrected chi connectivity index (χ4v) is 4.74. The van der Waals surface area contributed by atoms with Crippen LogP contribution in [0.4, 0.5) is 0 Å². The number of hydrogen-bond donors (Lipinski definition) is 1. The number of aromatic nitrogens is 6. The SMILES string of the molecule is CN1CCN(C(=O)c2cc3cc(Cc4nccc(-c5cc(OCc6cn(C)cn6)ccn5)n4)ccc3[nH]2)CC1. The monoisotopic (exact) mass is 522 g/mol. The fraction of sp³-hybridized carbons (Fsp3) is 0.276. The Bertz CT molecular complexity index is 1620. The van der Waals surface area contributed by atoms with E-state index >= 15 is 0 Å². The molecule has 0 bridgehead atoms. The molecular weight excluding hydrogens is 492 g/mol. The maximum absolute atomic E-state index is 13.0. The maximum Gasteiger partial charge on any atom is 0.270 e. The van der Waals surface area contributed by atoms with Crippen LogP contribution in [0.3, 0.4) is 0 Å². The van der Waals surface area contributed by atoms with Crippen LogP contribution >= 0.6 is 0 Å². The quantitative estimate of drug-likeness (QED) is 0.350. The first kappa shape index (κ1) is 24.7. The van der Waals surface area contributed by atoms with Gasteiger partial charge in [-0.15, -0.1) is 0 Å². The zero-order chi connectivity index (χ0) is 26.8. The molecule has 0 unspecified atom stereocenters. The van der Waals surface area contributed by atoms with Gasteiger partial charge in [-0.1, -0.05) is 6.07 Å². The summed E-state index contributed by atoms with van der Waals surface area (Å²) in [6.07, 6.45) is 7.70. The summed E-state index contributed by atoms with van der Waals surface area (Å²) in [5.41, 5.74) is 4.93. The first-order chi connectivity index (χ1) is 19.0. The third-order valence-electron chi connectivity index (χ3n) is 6.91. The second-order valence-corrected chi connectivity index (χ2v) is 9.93. The Morgan fingerprint density at radius 1 is 0.949 bits per heavy atom. The van der Waals surface area contributed by atoms with Gasteiger partial charge in [-0.05, 0) is 42.9 Å². The number of amides is 1. The van der Waals surface area contributed by atoms with Gasteiger partial charge < -0.3 is 24.1 Å². The summed E-state index contributed by atoms with van der Waals surface area (Å²) in [7, 11) is 4.01. The summed E-state index contributed by atoms with van der Waals surface area (Å²) in [5.74, 6) is 1.44. The third-order valence-corrected chi connectivity index (χ3v) is 6.91. The minimum Gasteiger partial charge on any atom is -0.487 e. The van der Waals surface area contributed by atoms with E-state index in [1.807, 2.05) is 59.1 Å². The van der Waals surface area contributed by atoms with Crippen LogP contribution in [0.25, 0.3) is 22.3 Å².